The van der Waals surface area contributed by atoms with Crippen LogP contribution in [0.4, 0.5) is 10.5 Å². The van der Waals surface area contributed by atoms with Gasteiger partial charge in [0, 0.05) is 31.9 Å². The molecule has 1 aromatic carbocycles. The van der Waals surface area contributed by atoms with Crippen molar-refractivity contribution in [2.45, 2.75) is 19.9 Å². The van der Waals surface area contributed by atoms with E-state index < -0.39 is 0 Å². The SMILES string of the molecule is CCOC(=O)N1CCN([C@@H](C)C(=O)Nc2ccc(C#N)cc2)CC1. The van der Waals surface area contributed by atoms with E-state index in [0.29, 0.717) is 44.0 Å². The third kappa shape index (κ3) is 4.46. The fourth-order valence-electron chi connectivity index (χ4n) is 2.55. The second-order valence-electron chi connectivity index (χ2n) is 5.58. The summed E-state index contributed by atoms with van der Waals surface area (Å²) in [7, 11) is 0. The number of ether oxygens (including phenoxy) is 1. The van der Waals surface area contributed by atoms with Crippen LogP contribution >= 0.6 is 0 Å². The first kappa shape index (κ1) is 17.8. The average Bonchev–Trinajstić information content (AvgIpc) is 2.62. The summed E-state index contributed by atoms with van der Waals surface area (Å²) >= 11 is 0. The molecule has 0 saturated carbocycles. The summed E-state index contributed by atoms with van der Waals surface area (Å²) in [6.07, 6.45) is -0.299. The van der Waals surface area contributed by atoms with Gasteiger partial charge in [0.1, 0.15) is 0 Å². The maximum absolute atomic E-state index is 12.4. The number of piperazine rings is 1. The summed E-state index contributed by atoms with van der Waals surface area (Å²) in [5.41, 5.74) is 1.21. The normalized spacial score (nSPS) is 16.1. The third-order valence-electron chi connectivity index (χ3n) is 4.05. The van der Waals surface area contributed by atoms with Crippen LogP contribution in [0.2, 0.25) is 0 Å². The van der Waals surface area contributed by atoms with E-state index in [1.807, 2.05) is 17.9 Å². The Morgan fingerprint density at radius 1 is 1.25 bits per heavy atom. The third-order valence-corrected chi connectivity index (χ3v) is 4.05. The Bertz CT molecular complexity index is 616. The maximum Gasteiger partial charge on any atom is 0.409 e. The summed E-state index contributed by atoms with van der Waals surface area (Å²) in [5.74, 6) is -0.107. The molecule has 1 heterocycles. The first-order chi connectivity index (χ1) is 11.5. The van der Waals surface area contributed by atoms with Crippen molar-refractivity contribution in [3.63, 3.8) is 0 Å². The minimum absolute atomic E-state index is 0.107. The van der Waals surface area contributed by atoms with Gasteiger partial charge in [-0.3, -0.25) is 9.69 Å². The molecule has 0 radical (unpaired) electrons. The van der Waals surface area contributed by atoms with E-state index in [1.165, 1.54) is 0 Å². The Balaban J connectivity index is 1.85. The topological polar surface area (TPSA) is 85.7 Å². The van der Waals surface area contributed by atoms with Gasteiger partial charge in [0.15, 0.2) is 0 Å². The monoisotopic (exact) mass is 330 g/mol. The van der Waals surface area contributed by atoms with Crippen molar-refractivity contribution in [2.75, 3.05) is 38.1 Å². The molecule has 1 fully saturated rings. The van der Waals surface area contributed by atoms with Gasteiger partial charge in [-0.1, -0.05) is 0 Å². The van der Waals surface area contributed by atoms with Gasteiger partial charge < -0.3 is 15.0 Å². The van der Waals surface area contributed by atoms with Crippen molar-refractivity contribution in [1.82, 2.24) is 9.80 Å². The number of carbonyl (C=O) groups is 2. The second-order valence-corrected chi connectivity index (χ2v) is 5.58. The number of nitriles is 1. The van der Waals surface area contributed by atoms with E-state index in [1.54, 1.807) is 36.1 Å². The Morgan fingerprint density at radius 3 is 2.42 bits per heavy atom. The van der Waals surface area contributed by atoms with E-state index in [2.05, 4.69) is 5.32 Å². The molecule has 1 aliphatic heterocycles. The molecule has 128 valence electrons. The molecule has 7 heteroatoms. The van der Waals surface area contributed by atoms with Gasteiger partial charge >= 0.3 is 6.09 Å². The average molecular weight is 330 g/mol. The van der Waals surface area contributed by atoms with Crippen LogP contribution < -0.4 is 5.32 Å². The van der Waals surface area contributed by atoms with Crippen LogP contribution in [0.25, 0.3) is 0 Å². The first-order valence-corrected chi connectivity index (χ1v) is 8.02. The summed E-state index contributed by atoms with van der Waals surface area (Å²) in [6.45, 7) is 6.34. The summed E-state index contributed by atoms with van der Waals surface area (Å²) in [4.78, 5) is 27.7. The van der Waals surface area contributed by atoms with E-state index in [0.717, 1.165) is 0 Å². The Kier molecular flexibility index (Phi) is 6.15. The molecule has 0 aromatic heterocycles. The van der Waals surface area contributed by atoms with E-state index in [9.17, 15) is 9.59 Å². The Labute approximate surface area is 141 Å². The first-order valence-electron chi connectivity index (χ1n) is 8.02. The molecule has 2 amide bonds. The molecule has 0 bridgehead atoms. The highest BCUT2D eigenvalue weighted by molar-refractivity contribution is 5.94. The van der Waals surface area contributed by atoms with Crippen molar-refractivity contribution in [1.29, 1.82) is 5.26 Å². The minimum Gasteiger partial charge on any atom is -0.450 e. The molecule has 0 unspecified atom stereocenters. The van der Waals surface area contributed by atoms with Gasteiger partial charge in [0.25, 0.3) is 0 Å². The highest BCUT2D eigenvalue weighted by Crippen LogP contribution is 2.12. The van der Waals surface area contributed by atoms with Gasteiger partial charge in [-0.05, 0) is 38.1 Å². The summed E-state index contributed by atoms with van der Waals surface area (Å²) in [6, 6.07) is 8.49. The smallest absolute Gasteiger partial charge is 0.409 e. The van der Waals surface area contributed by atoms with Gasteiger partial charge in [0.05, 0.1) is 24.3 Å². The number of amides is 2. The molecule has 1 aromatic rings. The predicted molar refractivity (Wildman–Crippen MR) is 89.4 cm³/mol. The van der Waals surface area contributed by atoms with Crippen molar-refractivity contribution in [2.24, 2.45) is 0 Å². The van der Waals surface area contributed by atoms with Crippen molar-refractivity contribution >= 4 is 17.7 Å². The maximum atomic E-state index is 12.4. The lowest BCUT2D eigenvalue weighted by atomic mass is 10.2. The van der Waals surface area contributed by atoms with Crippen LogP contribution in [-0.2, 0) is 9.53 Å². The van der Waals surface area contributed by atoms with Gasteiger partial charge in [-0.15, -0.1) is 0 Å². The zero-order chi connectivity index (χ0) is 17.5. The number of rotatable bonds is 4. The molecule has 1 atom stereocenters. The fourth-order valence-corrected chi connectivity index (χ4v) is 2.55. The molecule has 7 nitrogen and oxygen atoms in total. The van der Waals surface area contributed by atoms with Crippen molar-refractivity contribution < 1.29 is 14.3 Å². The molecular weight excluding hydrogens is 308 g/mol. The number of anilines is 1. The lowest BCUT2D eigenvalue weighted by Gasteiger charge is -2.36. The zero-order valence-corrected chi connectivity index (χ0v) is 14.0. The quantitative estimate of drug-likeness (QED) is 0.907. The van der Waals surface area contributed by atoms with Gasteiger partial charge in [-0.2, -0.15) is 5.26 Å². The number of hydrogen-bond acceptors (Lipinski definition) is 5. The second kappa shape index (κ2) is 8.31. The Hall–Kier alpha value is -2.59. The lowest BCUT2D eigenvalue weighted by molar-refractivity contribution is -0.121. The zero-order valence-electron chi connectivity index (χ0n) is 14.0. The number of nitrogens with zero attached hydrogens (tertiary/aromatic N) is 3. The van der Waals surface area contributed by atoms with Gasteiger partial charge in [0.2, 0.25) is 5.91 Å². The molecule has 1 saturated heterocycles. The molecule has 1 N–H and O–H groups in total. The van der Waals surface area contributed by atoms with Crippen molar-refractivity contribution in [3.05, 3.63) is 29.8 Å². The van der Waals surface area contributed by atoms with Crippen molar-refractivity contribution in [3.8, 4) is 6.07 Å². The van der Waals surface area contributed by atoms with E-state index in [-0.39, 0.29) is 18.0 Å². The van der Waals surface area contributed by atoms with E-state index >= 15 is 0 Å². The van der Waals surface area contributed by atoms with Crippen LogP contribution in [0.1, 0.15) is 19.4 Å². The number of benzene rings is 1. The summed E-state index contributed by atoms with van der Waals surface area (Å²) < 4.78 is 4.99. The van der Waals surface area contributed by atoms with Crippen LogP contribution in [0.5, 0.6) is 0 Å². The highest BCUT2D eigenvalue weighted by Gasteiger charge is 2.27. The molecule has 2 rings (SSSR count). The number of hydrogen-bond donors (Lipinski definition) is 1. The highest BCUT2D eigenvalue weighted by atomic mass is 16.6. The lowest BCUT2D eigenvalue weighted by Crippen LogP contribution is -2.54. The molecular formula is C17H22N4O3. The van der Waals surface area contributed by atoms with Crippen LogP contribution in [0.3, 0.4) is 0 Å². The molecule has 1 aliphatic rings. The van der Waals surface area contributed by atoms with Crippen LogP contribution in [0.15, 0.2) is 24.3 Å². The molecule has 0 spiro atoms. The number of nitrogens with one attached hydrogen (secondary N) is 1. The fraction of sp³-hybridized carbons (Fsp3) is 0.471. The summed E-state index contributed by atoms with van der Waals surface area (Å²) in [5, 5.41) is 11.6. The predicted octanol–water partition coefficient (Wildman–Crippen LogP) is 1.66. The molecule has 0 aliphatic carbocycles. The largest absolute Gasteiger partial charge is 0.450 e. The van der Waals surface area contributed by atoms with Gasteiger partial charge in [-0.25, -0.2) is 4.79 Å². The van der Waals surface area contributed by atoms with Crippen LogP contribution in [-0.4, -0.2) is 60.6 Å². The molecule has 24 heavy (non-hydrogen) atoms. The van der Waals surface area contributed by atoms with Crippen LogP contribution in [0, 0.1) is 11.3 Å². The van der Waals surface area contributed by atoms with E-state index in [4.69, 9.17) is 10.00 Å². The standard InChI is InChI=1S/C17H22N4O3/c1-3-24-17(23)21-10-8-20(9-11-21)13(2)16(22)19-15-6-4-14(12-18)5-7-15/h4-7,13H,3,8-11H2,1-2H3,(H,19,22)/t13-/m0/s1. The Morgan fingerprint density at radius 2 is 1.88 bits per heavy atom. The number of carbonyl (C=O) groups excluding carboxylic acids is 2. The minimum atomic E-state index is -0.301.